The largest absolute Gasteiger partial charge is 0.481 e. The Morgan fingerprint density at radius 3 is 2.46 bits per heavy atom. The number of ketones is 1. The number of aldehydes is 1. The van der Waals surface area contributed by atoms with Crippen molar-refractivity contribution >= 4 is 29.0 Å². The molecule has 2 aromatic carbocycles. The maximum absolute atomic E-state index is 12.8. The quantitative estimate of drug-likeness (QED) is 0.572. The van der Waals surface area contributed by atoms with Gasteiger partial charge in [0.1, 0.15) is 11.9 Å². The topological polar surface area (TPSA) is 84.6 Å². The second kappa shape index (κ2) is 6.12. The van der Waals surface area contributed by atoms with Crippen molar-refractivity contribution in [1.82, 2.24) is 0 Å². The lowest BCUT2D eigenvalue weighted by atomic mass is 9.93. The summed E-state index contributed by atoms with van der Waals surface area (Å²) in [6.07, 6.45) is 2.17. The Bertz CT molecular complexity index is 934. The van der Waals surface area contributed by atoms with Gasteiger partial charge in [0.05, 0.1) is 17.7 Å². The summed E-state index contributed by atoms with van der Waals surface area (Å²) in [7, 11) is 0. The number of carboxylic acid groups (broad SMARTS) is 1. The van der Waals surface area contributed by atoms with Crippen molar-refractivity contribution in [3.05, 3.63) is 71.0 Å². The van der Waals surface area contributed by atoms with E-state index in [2.05, 4.69) is 0 Å². The first-order valence-electron chi connectivity index (χ1n) is 7.35. The molecule has 0 amide bonds. The number of carboxylic acids is 1. The van der Waals surface area contributed by atoms with Crippen LogP contribution in [0.25, 0.3) is 11.0 Å². The number of carbonyl (C=O) groups is 3. The van der Waals surface area contributed by atoms with Crippen LogP contribution in [0, 0.1) is 0 Å². The van der Waals surface area contributed by atoms with Gasteiger partial charge in [-0.2, -0.15) is 0 Å². The summed E-state index contributed by atoms with van der Waals surface area (Å²) in [5.41, 5.74) is 2.13. The van der Waals surface area contributed by atoms with Crippen molar-refractivity contribution in [3.8, 4) is 0 Å². The van der Waals surface area contributed by atoms with E-state index in [-0.39, 0.29) is 5.78 Å². The van der Waals surface area contributed by atoms with Crippen LogP contribution >= 0.6 is 0 Å². The predicted molar refractivity (Wildman–Crippen MR) is 87.5 cm³/mol. The summed E-state index contributed by atoms with van der Waals surface area (Å²) in [6.45, 7) is 1.57. The second-order valence-corrected chi connectivity index (χ2v) is 5.54. The zero-order valence-electron chi connectivity index (χ0n) is 12.9. The third kappa shape index (κ3) is 2.72. The third-order valence-electron chi connectivity index (χ3n) is 4.00. The SMILES string of the molecule is CC(C(=O)O)c1cc(C(=O)c2ccc(C=O)cc2)c2occc2c1. The van der Waals surface area contributed by atoms with Crippen molar-refractivity contribution in [2.75, 3.05) is 0 Å². The normalized spacial score (nSPS) is 12.0. The van der Waals surface area contributed by atoms with Crippen LogP contribution < -0.4 is 0 Å². The average Bonchev–Trinajstić information content (AvgIpc) is 3.08. The fourth-order valence-corrected chi connectivity index (χ4v) is 2.53. The van der Waals surface area contributed by atoms with Crippen LogP contribution in [0.3, 0.4) is 0 Å². The molecule has 1 heterocycles. The number of aliphatic carboxylic acids is 1. The smallest absolute Gasteiger partial charge is 0.310 e. The van der Waals surface area contributed by atoms with Gasteiger partial charge >= 0.3 is 5.97 Å². The minimum atomic E-state index is -0.966. The molecular weight excluding hydrogens is 308 g/mol. The van der Waals surface area contributed by atoms with E-state index in [9.17, 15) is 19.5 Å². The summed E-state index contributed by atoms with van der Waals surface area (Å²) in [5, 5.41) is 9.90. The number of rotatable bonds is 5. The number of benzene rings is 2. The van der Waals surface area contributed by atoms with Gasteiger partial charge in [0.2, 0.25) is 0 Å². The predicted octanol–water partition coefficient (Wildman–Crippen LogP) is 3.66. The van der Waals surface area contributed by atoms with Gasteiger partial charge in [-0.15, -0.1) is 0 Å². The fourth-order valence-electron chi connectivity index (χ4n) is 2.53. The van der Waals surface area contributed by atoms with E-state index in [0.29, 0.717) is 39.5 Å². The molecule has 1 atom stereocenters. The molecule has 0 aliphatic carbocycles. The van der Waals surface area contributed by atoms with E-state index in [1.807, 2.05) is 0 Å². The Kier molecular flexibility index (Phi) is 4.00. The molecule has 1 aromatic heterocycles. The minimum absolute atomic E-state index is 0.285. The maximum atomic E-state index is 12.8. The van der Waals surface area contributed by atoms with Gasteiger partial charge in [-0.25, -0.2) is 0 Å². The number of hydrogen-bond donors (Lipinski definition) is 1. The lowest BCUT2D eigenvalue weighted by Crippen LogP contribution is -2.09. The first-order valence-corrected chi connectivity index (χ1v) is 7.35. The molecule has 1 N–H and O–H groups in total. The van der Waals surface area contributed by atoms with Crippen LogP contribution in [0.1, 0.15) is 44.7 Å². The van der Waals surface area contributed by atoms with Gasteiger partial charge in [0, 0.05) is 16.5 Å². The van der Waals surface area contributed by atoms with Crippen LogP contribution in [-0.2, 0) is 4.79 Å². The highest BCUT2D eigenvalue weighted by Crippen LogP contribution is 2.28. The summed E-state index contributed by atoms with van der Waals surface area (Å²) in [5.74, 6) is -1.99. The molecule has 0 saturated heterocycles. The first-order chi connectivity index (χ1) is 11.5. The highest BCUT2D eigenvalue weighted by atomic mass is 16.4. The van der Waals surface area contributed by atoms with E-state index < -0.39 is 11.9 Å². The molecule has 0 aliphatic heterocycles. The van der Waals surface area contributed by atoms with E-state index >= 15 is 0 Å². The van der Waals surface area contributed by atoms with Crippen molar-refractivity contribution in [2.45, 2.75) is 12.8 Å². The van der Waals surface area contributed by atoms with Gasteiger partial charge in [-0.3, -0.25) is 14.4 Å². The van der Waals surface area contributed by atoms with Gasteiger partial charge in [0.25, 0.3) is 0 Å². The van der Waals surface area contributed by atoms with E-state index in [0.717, 1.165) is 0 Å². The van der Waals surface area contributed by atoms with E-state index in [4.69, 9.17) is 4.42 Å². The van der Waals surface area contributed by atoms with E-state index in [1.165, 1.54) is 6.26 Å². The molecule has 1 unspecified atom stereocenters. The van der Waals surface area contributed by atoms with Crippen molar-refractivity contribution < 1.29 is 23.9 Å². The van der Waals surface area contributed by atoms with Crippen molar-refractivity contribution in [1.29, 1.82) is 0 Å². The summed E-state index contributed by atoms with van der Waals surface area (Å²) in [4.78, 5) is 34.8. The van der Waals surface area contributed by atoms with Gasteiger partial charge in [-0.05, 0) is 30.7 Å². The van der Waals surface area contributed by atoms with Gasteiger partial charge in [-0.1, -0.05) is 24.3 Å². The molecule has 5 heteroatoms. The van der Waals surface area contributed by atoms with Crippen LogP contribution in [0.4, 0.5) is 0 Å². The maximum Gasteiger partial charge on any atom is 0.310 e. The molecule has 0 radical (unpaired) electrons. The van der Waals surface area contributed by atoms with Gasteiger partial charge < -0.3 is 9.52 Å². The number of hydrogen-bond acceptors (Lipinski definition) is 4. The number of furan rings is 1. The molecule has 0 bridgehead atoms. The fraction of sp³-hybridized carbons (Fsp3) is 0.105. The zero-order chi connectivity index (χ0) is 17.3. The molecule has 3 aromatic rings. The molecular formula is C19H14O5. The molecule has 0 fully saturated rings. The summed E-state index contributed by atoms with van der Waals surface area (Å²) < 4.78 is 5.41. The van der Waals surface area contributed by atoms with Gasteiger partial charge in [0.15, 0.2) is 5.78 Å². The van der Waals surface area contributed by atoms with Crippen LogP contribution in [0.2, 0.25) is 0 Å². The second-order valence-electron chi connectivity index (χ2n) is 5.54. The highest BCUT2D eigenvalue weighted by Gasteiger charge is 2.21. The number of fused-ring (bicyclic) bond motifs is 1. The third-order valence-corrected chi connectivity index (χ3v) is 4.00. The van der Waals surface area contributed by atoms with Crippen LogP contribution in [-0.4, -0.2) is 23.1 Å². The first kappa shape index (κ1) is 15.7. The Morgan fingerprint density at radius 2 is 1.83 bits per heavy atom. The van der Waals surface area contributed by atoms with Crippen LogP contribution in [0.15, 0.2) is 53.1 Å². The summed E-state index contributed by atoms with van der Waals surface area (Å²) in [6, 6.07) is 11.2. The Labute approximate surface area is 137 Å². The minimum Gasteiger partial charge on any atom is -0.481 e. The number of carbonyl (C=O) groups excluding carboxylic acids is 2. The molecule has 24 heavy (non-hydrogen) atoms. The van der Waals surface area contributed by atoms with Crippen molar-refractivity contribution in [3.63, 3.8) is 0 Å². The standard InChI is InChI=1S/C19H14O5/c1-11(19(22)23)15-8-14-6-7-24-18(14)16(9-15)17(21)13-4-2-12(10-20)3-5-13/h2-11H,1H3,(H,22,23). The van der Waals surface area contributed by atoms with E-state index in [1.54, 1.807) is 49.4 Å². The van der Waals surface area contributed by atoms with Crippen molar-refractivity contribution in [2.24, 2.45) is 0 Å². The molecule has 3 rings (SSSR count). The Hall–Kier alpha value is -3.21. The average molecular weight is 322 g/mol. The molecule has 0 spiro atoms. The lowest BCUT2D eigenvalue weighted by molar-refractivity contribution is -0.138. The Morgan fingerprint density at radius 1 is 1.12 bits per heavy atom. The molecule has 120 valence electrons. The zero-order valence-corrected chi connectivity index (χ0v) is 12.9. The molecule has 5 nitrogen and oxygen atoms in total. The van der Waals surface area contributed by atoms with Crippen LogP contribution in [0.5, 0.6) is 0 Å². The highest BCUT2D eigenvalue weighted by molar-refractivity contribution is 6.15. The molecule has 0 aliphatic rings. The molecule has 0 saturated carbocycles. The lowest BCUT2D eigenvalue weighted by Gasteiger charge is -2.10. The monoisotopic (exact) mass is 322 g/mol. The summed E-state index contributed by atoms with van der Waals surface area (Å²) >= 11 is 0. The Balaban J connectivity index is 2.12.